The van der Waals surface area contributed by atoms with Crippen LogP contribution in [0.4, 0.5) is 0 Å². The average Bonchev–Trinajstić information content (AvgIpc) is 2.60. The summed E-state index contributed by atoms with van der Waals surface area (Å²) in [6, 6.07) is 2.46. The molecule has 4 unspecified atom stereocenters. The summed E-state index contributed by atoms with van der Waals surface area (Å²) < 4.78 is 0. The summed E-state index contributed by atoms with van der Waals surface area (Å²) >= 11 is 0. The highest BCUT2D eigenvalue weighted by Gasteiger charge is 2.40. The van der Waals surface area contributed by atoms with E-state index in [0.29, 0.717) is 0 Å². The minimum Gasteiger partial charge on any atom is -0.316 e. The number of piperidine rings is 1. The fraction of sp³-hybridized carbons (Fsp3) is 1.00. The Morgan fingerprint density at radius 3 is 2.25 bits per heavy atom. The van der Waals surface area contributed by atoms with E-state index in [1.54, 1.807) is 0 Å². The van der Waals surface area contributed by atoms with Gasteiger partial charge in [0.1, 0.15) is 0 Å². The molecule has 0 bridgehead atoms. The third kappa shape index (κ3) is 2.14. The van der Waals surface area contributed by atoms with Gasteiger partial charge in [-0.05, 0) is 51.1 Å². The molecule has 1 N–H and O–H groups in total. The first-order chi connectivity index (χ1) is 7.65. The van der Waals surface area contributed by atoms with Crippen LogP contribution in [0.25, 0.3) is 0 Å². The van der Waals surface area contributed by atoms with E-state index < -0.39 is 0 Å². The second-order valence-electron chi connectivity index (χ2n) is 6.04. The highest BCUT2D eigenvalue weighted by atomic mass is 15.2. The second-order valence-corrected chi connectivity index (χ2v) is 6.04. The lowest BCUT2D eigenvalue weighted by Crippen LogP contribution is -2.56. The largest absolute Gasteiger partial charge is 0.316 e. The van der Waals surface area contributed by atoms with E-state index in [4.69, 9.17) is 0 Å². The van der Waals surface area contributed by atoms with Crippen molar-refractivity contribution in [3.63, 3.8) is 0 Å². The Hall–Kier alpha value is -0.0800. The van der Waals surface area contributed by atoms with Crippen molar-refractivity contribution in [3.8, 4) is 0 Å². The van der Waals surface area contributed by atoms with Crippen LogP contribution in [0, 0.1) is 11.8 Å². The number of hydrogen-bond donors (Lipinski definition) is 1. The molecule has 0 aliphatic carbocycles. The average molecular weight is 224 g/mol. The number of likely N-dealkylation sites (tertiary alicyclic amines) is 1. The fourth-order valence-electron chi connectivity index (χ4n) is 3.97. The van der Waals surface area contributed by atoms with E-state index in [9.17, 15) is 0 Å². The van der Waals surface area contributed by atoms with Crippen molar-refractivity contribution >= 4 is 0 Å². The Labute approximate surface area is 101 Å². The number of rotatable bonds is 2. The molecule has 0 saturated carbocycles. The van der Waals surface area contributed by atoms with Gasteiger partial charge in [-0.25, -0.2) is 0 Å². The molecule has 2 heteroatoms. The maximum atomic E-state index is 3.56. The highest BCUT2D eigenvalue weighted by molar-refractivity contribution is 4.96. The Morgan fingerprint density at radius 1 is 1.06 bits per heavy atom. The summed E-state index contributed by atoms with van der Waals surface area (Å²) in [6.07, 6.45) is 4.15. The first-order valence-corrected chi connectivity index (χ1v) is 7.13. The van der Waals surface area contributed by atoms with Crippen LogP contribution in [-0.4, -0.2) is 36.1 Å². The van der Waals surface area contributed by atoms with Crippen LogP contribution in [0.15, 0.2) is 0 Å². The zero-order valence-corrected chi connectivity index (χ0v) is 11.4. The number of nitrogens with zero attached hydrogens (tertiary/aromatic N) is 1. The Kier molecular flexibility index (Phi) is 3.91. The summed E-state index contributed by atoms with van der Waals surface area (Å²) in [4.78, 5) is 2.86. The van der Waals surface area contributed by atoms with Gasteiger partial charge in [-0.1, -0.05) is 20.8 Å². The zero-order chi connectivity index (χ0) is 11.7. The van der Waals surface area contributed by atoms with Gasteiger partial charge in [0, 0.05) is 18.1 Å². The van der Waals surface area contributed by atoms with Gasteiger partial charge in [-0.15, -0.1) is 0 Å². The third-order valence-corrected chi connectivity index (χ3v) is 4.76. The van der Waals surface area contributed by atoms with Crippen molar-refractivity contribution in [2.24, 2.45) is 11.8 Å². The van der Waals surface area contributed by atoms with Crippen LogP contribution in [0.3, 0.4) is 0 Å². The molecule has 0 radical (unpaired) electrons. The maximum Gasteiger partial charge on any atom is 0.0176 e. The van der Waals surface area contributed by atoms with Gasteiger partial charge in [0.15, 0.2) is 0 Å². The molecule has 0 aromatic heterocycles. The molecule has 2 fully saturated rings. The molecule has 0 amide bonds. The van der Waals surface area contributed by atoms with Crippen molar-refractivity contribution < 1.29 is 0 Å². The Morgan fingerprint density at radius 2 is 1.69 bits per heavy atom. The molecule has 16 heavy (non-hydrogen) atoms. The van der Waals surface area contributed by atoms with E-state index in [2.05, 4.69) is 37.9 Å². The third-order valence-electron chi connectivity index (χ3n) is 4.76. The summed E-state index contributed by atoms with van der Waals surface area (Å²) in [7, 11) is 0. The summed E-state index contributed by atoms with van der Waals surface area (Å²) in [5.41, 5.74) is 0. The maximum absolute atomic E-state index is 3.56. The number of nitrogens with one attached hydrogen (secondary N) is 1. The molecule has 0 aromatic carbocycles. The molecule has 2 nitrogen and oxygen atoms in total. The summed E-state index contributed by atoms with van der Waals surface area (Å²) in [5, 5.41) is 3.56. The molecule has 0 spiro atoms. The monoisotopic (exact) mass is 224 g/mol. The smallest absolute Gasteiger partial charge is 0.0176 e. The molecule has 2 aliphatic rings. The van der Waals surface area contributed by atoms with E-state index in [1.165, 1.54) is 32.4 Å². The Balaban J connectivity index is 2.13. The SMILES string of the molecule is CCC1CCC(C)N1C1C(C)CNCC1C. The molecular weight excluding hydrogens is 196 g/mol. The molecule has 2 aliphatic heterocycles. The molecule has 0 aromatic rings. The second kappa shape index (κ2) is 5.05. The molecular formula is C14H28N2. The van der Waals surface area contributed by atoms with E-state index in [-0.39, 0.29) is 0 Å². The van der Waals surface area contributed by atoms with E-state index in [1.807, 2.05) is 0 Å². The van der Waals surface area contributed by atoms with Crippen LogP contribution in [0.2, 0.25) is 0 Å². The molecule has 2 rings (SSSR count). The standard InChI is InChI=1S/C14H28N2/c1-5-13-7-6-12(4)16(13)14-10(2)8-15-9-11(14)3/h10-15H,5-9H2,1-4H3. The normalized spacial score (nSPS) is 46.1. The topological polar surface area (TPSA) is 15.3 Å². The van der Waals surface area contributed by atoms with Gasteiger partial charge in [0.25, 0.3) is 0 Å². The van der Waals surface area contributed by atoms with E-state index in [0.717, 1.165) is 30.0 Å². The van der Waals surface area contributed by atoms with Gasteiger partial charge >= 0.3 is 0 Å². The lowest BCUT2D eigenvalue weighted by Gasteiger charge is -2.45. The van der Waals surface area contributed by atoms with Crippen LogP contribution in [0.1, 0.15) is 47.0 Å². The minimum atomic E-state index is 0.804. The Bertz CT molecular complexity index is 219. The predicted molar refractivity (Wildman–Crippen MR) is 69.6 cm³/mol. The van der Waals surface area contributed by atoms with Crippen LogP contribution < -0.4 is 5.32 Å². The van der Waals surface area contributed by atoms with Gasteiger partial charge in [-0.3, -0.25) is 4.90 Å². The molecule has 4 atom stereocenters. The molecule has 2 saturated heterocycles. The van der Waals surface area contributed by atoms with Crippen molar-refractivity contribution in [3.05, 3.63) is 0 Å². The van der Waals surface area contributed by atoms with Crippen molar-refractivity contribution in [1.29, 1.82) is 0 Å². The van der Waals surface area contributed by atoms with Crippen LogP contribution in [0.5, 0.6) is 0 Å². The predicted octanol–water partition coefficient (Wildman–Crippen LogP) is 2.49. The van der Waals surface area contributed by atoms with Gasteiger partial charge in [-0.2, -0.15) is 0 Å². The molecule has 2 heterocycles. The van der Waals surface area contributed by atoms with Crippen molar-refractivity contribution in [2.45, 2.75) is 65.1 Å². The lowest BCUT2D eigenvalue weighted by molar-refractivity contribution is 0.0409. The fourth-order valence-corrected chi connectivity index (χ4v) is 3.97. The summed E-state index contributed by atoms with van der Waals surface area (Å²) in [6.45, 7) is 12.0. The van der Waals surface area contributed by atoms with E-state index >= 15 is 0 Å². The molecule has 94 valence electrons. The number of hydrogen-bond acceptors (Lipinski definition) is 2. The summed E-state index contributed by atoms with van der Waals surface area (Å²) in [5.74, 6) is 1.61. The van der Waals surface area contributed by atoms with Gasteiger partial charge in [0.05, 0.1) is 0 Å². The van der Waals surface area contributed by atoms with Crippen LogP contribution in [-0.2, 0) is 0 Å². The highest BCUT2D eigenvalue weighted by Crippen LogP contribution is 2.34. The zero-order valence-electron chi connectivity index (χ0n) is 11.4. The van der Waals surface area contributed by atoms with Gasteiger partial charge < -0.3 is 5.32 Å². The first-order valence-electron chi connectivity index (χ1n) is 7.13. The van der Waals surface area contributed by atoms with Crippen molar-refractivity contribution in [2.75, 3.05) is 13.1 Å². The first kappa shape index (κ1) is 12.4. The minimum absolute atomic E-state index is 0.804. The van der Waals surface area contributed by atoms with Gasteiger partial charge in [0.2, 0.25) is 0 Å². The lowest BCUT2D eigenvalue weighted by atomic mass is 9.84. The quantitative estimate of drug-likeness (QED) is 0.775. The van der Waals surface area contributed by atoms with Crippen molar-refractivity contribution in [1.82, 2.24) is 10.2 Å². The van der Waals surface area contributed by atoms with Crippen LogP contribution >= 0.6 is 0 Å².